The molecule has 116 valence electrons. The molecule has 1 aromatic rings. The third-order valence-corrected chi connectivity index (χ3v) is 5.46. The van der Waals surface area contributed by atoms with Crippen LogP contribution in [-0.4, -0.2) is 24.8 Å². The van der Waals surface area contributed by atoms with Crippen LogP contribution in [-0.2, 0) is 10.0 Å². The van der Waals surface area contributed by atoms with Gasteiger partial charge in [-0.1, -0.05) is 12.8 Å². The van der Waals surface area contributed by atoms with Crippen LogP contribution in [0.2, 0.25) is 0 Å². The van der Waals surface area contributed by atoms with Crippen molar-refractivity contribution in [3.8, 4) is 0 Å². The molecule has 1 saturated carbocycles. The molecule has 0 bridgehead atoms. The lowest BCUT2D eigenvalue weighted by Gasteiger charge is -2.27. The first kappa shape index (κ1) is 16.1. The molecule has 0 spiro atoms. The van der Waals surface area contributed by atoms with Crippen LogP contribution in [0.15, 0.2) is 23.1 Å². The van der Waals surface area contributed by atoms with Gasteiger partial charge in [0.1, 0.15) is 5.82 Å². The SMILES string of the molecule is O=[N+]([O-])c1cc(F)ccc1S(=O)(=O)NC1CCCCC1Cl. The second-order valence-corrected chi connectivity index (χ2v) is 7.14. The minimum Gasteiger partial charge on any atom is -0.258 e. The van der Waals surface area contributed by atoms with E-state index in [2.05, 4.69) is 4.72 Å². The van der Waals surface area contributed by atoms with Gasteiger partial charge in [0, 0.05) is 11.4 Å². The second-order valence-electron chi connectivity index (χ2n) is 4.90. The Morgan fingerprint density at radius 1 is 1.33 bits per heavy atom. The quantitative estimate of drug-likeness (QED) is 0.520. The molecule has 1 N–H and O–H groups in total. The average molecular weight is 337 g/mol. The second kappa shape index (κ2) is 6.25. The van der Waals surface area contributed by atoms with Crippen molar-refractivity contribution in [1.29, 1.82) is 0 Å². The minimum absolute atomic E-state index is 0.354. The van der Waals surface area contributed by atoms with Crippen LogP contribution < -0.4 is 4.72 Å². The van der Waals surface area contributed by atoms with E-state index < -0.39 is 37.4 Å². The van der Waals surface area contributed by atoms with Crippen LogP contribution in [0.1, 0.15) is 25.7 Å². The number of benzene rings is 1. The molecule has 0 saturated heterocycles. The van der Waals surface area contributed by atoms with E-state index in [0.717, 1.165) is 25.0 Å². The largest absolute Gasteiger partial charge is 0.292 e. The Bertz CT molecular complexity index is 653. The Kier molecular flexibility index (Phi) is 4.80. The van der Waals surface area contributed by atoms with Crippen LogP contribution in [0.25, 0.3) is 0 Å². The smallest absolute Gasteiger partial charge is 0.258 e. The maximum Gasteiger partial charge on any atom is 0.292 e. The molecule has 0 aromatic heterocycles. The van der Waals surface area contributed by atoms with Crippen molar-refractivity contribution in [2.24, 2.45) is 0 Å². The molecule has 1 aromatic carbocycles. The summed E-state index contributed by atoms with van der Waals surface area (Å²) in [5.41, 5.74) is -0.788. The third-order valence-electron chi connectivity index (χ3n) is 3.40. The molecule has 9 heteroatoms. The normalized spacial score (nSPS) is 23.0. The molecular weight excluding hydrogens is 323 g/mol. The zero-order chi connectivity index (χ0) is 15.6. The molecule has 0 aliphatic heterocycles. The van der Waals surface area contributed by atoms with Crippen molar-refractivity contribution in [1.82, 2.24) is 4.72 Å². The molecule has 6 nitrogen and oxygen atoms in total. The van der Waals surface area contributed by atoms with Crippen LogP contribution in [0, 0.1) is 15.9 Å². The van der Waals surface area contributed by atoms with E-state index >= 15 is 0 Å². The molecule has 21 heavy (non-hydrogen) atoms. The Hall–Kier alpha value is -1.25. The highest BCUT2D eigenvalue weighted by Gasteiger charge is 2.32. The predicted octanol–water partition coefficient (Wildman–Crippen LogP) is 2.56. The van der Waals surface area contributed by atoms with E-state index in [0.29, 0.717) is 18.9 Å². The number of sulfonamides is 1. The van der Waals surface area contributed by atoms with Crippen molar-refractivity contribution >= 4 is 27.3 Å². The van der Waals surface area contributed by atoms with Crippen molar-refractivity contribution in [2.45, 2.75) is 42.0 Å². The average Bonchev–Trinajstić information content (AvgIpc) is 2.40. The van der Waals surface area contributed by atoms with Crippen LogP contribution in [0.4, 0.5) is 10.1 Å². The Balaban J connectivity index is 2.33. The molecule has 2 unspecified atom stereocenters. The van der Waals surface area contributed by atoms with Gasteiger partial charge in [0.15, 0.2) is 4.90 Å². The highest BCUT2D eigenvalue weighted by Crippen LogP contribution is 2.28. The summed E-state index contributed by atoms with van der Waals surface area (Å²) in [6, 6.07) is 1.88. The Morgan fingerprint density at radius 2 is 2.00 bits per heavy atom. The van der Waals surface area contributed by atoms with Gasteiger partial charge in [0.05, 0.1) is 11.0 Å². The molecule has 1 aliphatic carbocycles. The summed E-state index contributed by atoms with van der Waals surface area (Å²) in [6.07, 6.45) is 3.01. The molecule has 0 radical (unpaired) electrons. The Morgan fingerprint density at radius 3 is 2.62 bits per heavy atom. The van der Waals surface area contributed by atoms with E-state index in [1.165, 1.54) is 0 Å². The first-order valence-corrected chi connectivity index (χ1v) is 8.33. The summed E-state index contributed by atoms with van der Waals surface area (Å²) in [5, 5.41) is 10.5. The summed E-state index contributed by atoms with van der Waals surface area (Å²) in [6.45, 7) is 0. The number of alkyl halides is 1. The number of nitro benzene ring substituents is 1. The maximum atomic E-state index is 13.1. The maximum absolute atomic E-state index is 13.1. The van der Waals surface area contributed by atoms with Crippen molar-refractivity contribution in [2.75, 3.05) is 0 Å². The fourth-order valence-corrected chi connectivity index (χ4v) is 4.22. The first-order valence-electron chi connectivity index (χ1n) is 6.41. The van der Waals surface area contributed by atoms with E-state index in [-0.39, 0.29) is 5.38 Å². The van der Waals surface area contributed by atoms with Gasteiger partial charge in [0.2, 0.25) is 10.0 Å². The van der Waals surface area contributed by atoms with Gasteiger partial charge in [0.25, 0.3) is 5.69 Å². The zero-order valence-electron chi connectivity index (χ0n) is 11.0. The minimum atomic E-state index is -4.13. The number of hydrogen-bond donors (Lipinski definition) is 1. The predicted molar refractivity (Wildman–Crippen MR) is 75.3 cm³/mol. The monoisotopic (exact) mass is 336 g/mol. The van der Waals surface area contributed by atoms with Gasteiger partial charge in [-0.15, -0.1) is 11.6 Å². The molecule has 0 amide bonds. The molecule has 0 heterocycles. The fourth-order valence-electron chi connectivity index (χ4n) is 2.34. The standard InChI is InChI=1S/C12H14ClFN2O4S/c13-9-3-1-2-4-10(9)15-21(19,20)12-6-5-8(14)7-11(12)16(17)18/h5-7,9-10,15H,1-4H2. The summed E-state index contributed by atoms with van der Waals surface area (Å²) in [5.74, 6) is -0.867. The summed E-state index contributed by atoms with van der Waals surface area (Å²) in [7, 11) is -4.13. The molecule has 2 atom stereocenters. The van der Waals surface area contributed by atoms with E-state index in [4.69, 9.17) is 11.6 Å². The molecule has 1 aliphatic rings. The van der Waals surface area contributed by atoms with Gasteiger partial charge >= 0.3 is 0 Å². The van der Waals surface area contributed by atoms with Crippen molar-refractivity contribution < 1.29 is 17.7 Å². The molecular formula is C12H14ClFN2O4S. The summed E-state index contributed by atoms with van der Waals surface area (Å²) < 4.78 is 40.0. The summed E-state index contributed by atoms with van der Waals surface area (Å²) in [4.78, 5) is 9.43. The molecule has 2 rings (SSSR count). The van der Waals surface area contributed by atoms with E-state index in [1.54, 1.807) is 0 Å². The molecule has 1 fully saturated rings. The van der Waals surface area contributed by atoms with Crippen molar-refractivity contribution in [3.63, 3.8) is 0 Å². The fraction of sp³-hybridized carbons (Fsp3) is 0.500. The topological polar surface area (TPSA) is 89.3 Å². The van der Waals surface area contributed by atoms with Gasteiger partial charge in [-0.05, 0) is 25.0 Å². The number of nitro groups is 1. The lowest BCUT2D eigenvalue weighted by molar-refractivity contribution is -0.388. The lowest BCUT2D eigenvalue weighted by atomic mass is 9.96. The highest BCUT2D eigenvalue weighted by molar-refractivity contribution is 7.89. The third kappa shape index (κ3) is 3.69. The van der Waals surface area contributed by atoms with Crippen LogP contribution in [0.5, 0.6) is 0 Å². The number of nitrogens with one attached hydrogen (secondary N) is 1. The number of halogens is 2. The number of hydrogen-bond acceptors (Lipinski definition) is 4. The summed E-state index contributed by atoms with van der Waals surface area (Å²) >= 11 is 6.08. The van der Waals surface area contributed by atoms with Crippen LogP contribution in [0.3, 0.4) is 0 Å². The van der Waals surface area contributed by atoms with Gasteiger partial charge in [-0.25, -0.2) is 17.5 Å². The first-order chi connectivity index (χ1) is 9.81. The van der Waals surface area contributed by atoms with E-state index in [9.17, 15) is 22.9 Å². The Labute approximate surface area is 126 Å². The number of nitrogens with zero attached hydrogens (tertiary/aromatic N) is 1. The van der Waals surface area contributed by atoms with E-state index in [1.807, 2.05) is 0 Å². The van der Waals surface area contributed by atoms with Gasteiger partial charge in [-0.2, -0.15) is 0 Å². The van der Waals surface area contributed by atoms with Crippen molar-refractivity contribution in [3.05, 3.63) is 34.1 Å². The van der Waals surface area contributed by atoms with Crippen LogP contribution >= 0.6 is 11.6 Å². The lowest BCUT2D eigenvalue weighted by Crippen LogP contribution is -2.42. The highest BCUT2D eigenvalue weighted by atomic mass is 35.5. The van der Waals surface area contributed by atoms with Gasteiger partial charge in [-0.3, -0.25) is 10.1 Å². The number of rotatable bonds is 4. The zero-order valence-corrected chi connectivity index (χ0v) is 12.5. The van der Waals surface area contributed by atoms with Gasteiger partial charge < -0.3 is 0 Å².